The molecule has 0 aliphatic heterocycles. The Morgan fingerprint density at radius 2 is 2.25 bits per heavy atom. The maximum Gasteiger partial charge on any atom is 0.173 e. The molecule has 0 radical (unpaired) electrons. The Morgan fingerprint density at radius 1 is 1.35 bits per heavy atom. The number of fused-ring (bicyclic) bond motifs is 1. The summed E-state index contributed by atoms with van der Waals surface area (Å²) in [4.78, 5) is 4.26. The third-order valence-corrected chi connectivity index (χ3v) is 3.32. The third kappa shape index (κ3) is 2.88. The van der Waals surface area contributed by atoms with Crippen LogP contribution in [0.1, 0.15) is 5.69 Å². The lowest BCUT2D eigenvalue weighted by Gasteiger charge is -2.02. The van der Waals surface area contributed by atoms with Crippen molar-refractivity contribution in [2.45, 2.75) is 13.1 Å². The summed E-state index contributed by atoms with van der Waals surface area (Å²) in [6, 6.07) is 3.08. The summed E-state index contributed by atoms with van der Waals surface area (Å²) in [5.41, 5.74) is 1.18. The maximum atomic E-state index is 13.5. The van der Waals surface area contributed by atoms with E-state index in [1.807, 2.05) is 17.1 Å². The van der Waals surface area contributed by atoms with E-state index in [9.17, 15) is 4.39 Å². The van der Waals surface area contributed by atoms with Gasteiger partial charge in [-0.1, -0.05) is 0 Å². The molecule has 0 aromatic carbocycles. The zero-order valence-corrected chi connectivity index (χ0v) is 12.2. The highest BCUT2D eigenvalue weighted by Gasteiger charge is 2.05. The quantitative estimate of drug-likeness (QED) is 0.726. The van der Waals surface area contributed by atoms with E-state index in [-0.39, 0.29) is 5.82 Å². The third-order valence-electron chi connectivity index (χ3n) is 2.91. The van der Waals surface area contributed by atoms with Gasteiger partial charge in [0.05, 0.1) is 22.9 Å². The smallest absolute Gasteiger partial charge is 0.173 e. The lowest BCUT2D eigenvalue weighted by molar-refractivity contribution is 0.552. The zero-order chi connectivity index (χ0) is 13.9. The minimum atomic E-state index is -0.305. The molecule has 1 N–H and O–H groups in total. The van der Waals surface area contributed by atoms with Gasteiger partial charge in [-0.05, 0) is 28.1 Å². The van der Waals surface area contributed by atoms with Crippen LogP contribution in [0.15, 0.2) is 41.4 Å². The molecule has 20 heavy (non-hydrogen) atoms. The van der Waals surface area contributed by atoms with E-state index < -0.39 is 0 Å². The molecule has 3 rings (SSSR count). The van der Waals surface area contributed by atoms with Gasteiger partial charge in [0, 0.05) is 31.7 Å². The molecule has 0 atom stereocenters. The van der Waals surface area contributed by atoms with E-state index in [2.05, 4.69) is 31.3 Å². The Labute approximate surface area is 123 Å². The Morgan fingerprint density at radius 3 is 3.00 bits per heavy atom. The average Bonchev–Trinajstić information content (AvgIpc) is 3.02. The maximum absolute atomic E-state index is 13.5. The van der Waals surface area contributed by atoms with Crippen LogP contribution in [0.4, 0.5) is 4.39 Å². The number of hydrogen-bond acceptors (Lipinski definition) is 3. The summed E-state index contributed by atoms with van der Waals surface area (Å²) < 4.78 is 18.0. The summed E-state index contributed by atoms with van der Waals surface area (Å²) in [5, 5.41) is 7.43. The second kappa shape index (κ2) is 5.72. The Hall–Kier alpha value is -1.73. The van der Waals surface area contributed by atoms with Crippen molar-refractivity contribution in [3.8, 4) is 0 Å². The summed E-state index contributed by atoms with van der Waals surface area (Å²) >= 11 is 3.35. The van der Waals surface area contributed by atoms with Gasteiger partial charge in [-0.25, -0.2) is 9.37 Å². The Balaban J connectivity index is 1.56. The number of aromatic nitrogens is 4. The van der Waals surface area contributed by atoms with Crippen LogP contribution in [0.5, 0.6) is 0 Å². The molecule has 0 saturated heterocycles. The fraction of sp³-hybridized carbons (Fsp3) is 0.231. The zero-order valence-electron chi connectivity index (χ0n) is 10.6. The van der Waals surface area contributed by atoms with E-state index in [1.165, 1.54) is 6.07 Å². The largest absolute Gasteiger partial charge is 0.309 e. The Bertz CT molecular complexity index is 720. The van der Waals surface area contributed by atoms with E-state index in [1.54, 1.807) is 22.9 Å². The SMILES string of the molecule is Fc1cccn2cc(CNCCn3cc(Br)cn3)nc12. The van der Waals surface area contributed by atoms with Crippen molar-refractivity contribution in [1.29, 1.82) is 0 Å². The van der Waals surface area contributed by atoms with Crippen molar-refractivity contribution in [2.75, 3.05) is 6.54 Å². The van der Waals surface area contributed by atoms with Crippen molar-refractivity contribution in [3.05, 3.63) is 52.9 Å². The normalized spacial score (nSPS) is 11.3. The molecular weight excluding hydrogens is 325 g/mol. The van der Waals surface area contributed by atoms with Crippen LogP contribution in [0, 0.1) is 5.82 Å². The summed E-state index contributed by atoms with van der Waals surface area (Å²) in [6.45, 7) is 2.14. The molecule has 0 amide bonds. The molecule has 0 aliphatic carbocycles. The van der Waals surface area contributed by atoms with E-state index >= 15 is 0 Å². The number of rotatable bonds is 5. The topological polar surface area (TPSA) is 47.1 Å². The van der Waals surface area contributed by atoms with Crippen molar-refractivity contribution >= 4 is 21.6 Å². The van der Waals surface area contributed by atoms with E-state index in [4.69, 9.17) is 0 Å². The van der Waals surface area contributed by atoms with Gasteiger partial charge in [0.2, 0.25) is 0 Å². The lowest BCUT2D eigenvalue weighted by atomic mass is 10.4. The van der Waals surface area contributed by atoms with Gasteiger partial charge in [-0.15, -0.1) is 0 Å². The summed E-state index contributed by atoms with van der Waals surface area (Å²) in [6.07, 6.45) is 7.29. The van der Waals surface area contributed by atoms with Gasteiger partial charge in [-0.2, -0.15) is 5.10 Å². The molecular formula is C13H13BrFN5. The van der Waals surface area contributed by atoms with E-state index in [0.29, 0.717) is 12.2 Å². The molecule has 104 valence electrons. The molecule has 5 nitrogen and oxygen atoms in total. The number of nitrogens with one attached hydrogen (secondary N) is 1. The standard InChI is InChI=1S/C13H13BrFN5/c14-10-6-17-20(8-10)5-3-16-7-11-9-19-4-1-2-12(15)13(19)18-11/h1-2,4,6,8-9,16H,3,5,7H2. The lowest BCUT2D eigenvalue weighted by Crippen LogP contribution is -2.19. The first-order valence-corrected chi connectivity index (χ1v) is 7.02. The highest BCUT2D eigenvalue weighted by molar-refractivity contribution is 9.10. The van der Waals surface area contributed by atoms with Gasteiger partial charge >= 0.3 is 0 Å². The first-order chi connectivity index (χ1) is 9.72. The molecule has 3 aromatic heterocycles. The molecule has 0 saturated carbocycles. The van der Waals surface area contributed by atoms with Gasteiger partial charge in [0.25, 0.3) is 0 Å². The first-order valence-electron chi connectivity index (χ1n) is 6.23. The van der Waals surface area contributed by atoms with Crippen LogP contribution >= 0.6 is 15.9 Å². The van der Waals surface area contributed by atoms with Crippen molar-refractivity contribution in [2.24, 2.45) is 0 Å². The fourth-order valence-electron chi connectivity index (χ4n) is 1.99. The number of halogens is 2. The van der Waals surface area contributed by atoms with Crippen molar-refractivity contribution in [3.63, 3.8) is 0 Å². The van der Waals surface area contributed by atoms with Crippen LogP contribution in [0.3, 0.4) is 0 Å². The van der Waals surface area contributed by atoms with Crippen LogP contribution in [0.2, 0.25) is 0 Å². The van der Waals surface area contributed by atoms with E-state index in [0.717, 1.165) is 23.3 Å². The highest BCUT2D eigenvalue weighted by atomic mass is 79.9. The summed E-state index contributed by atoms with van der Waals surface area (Å²) in [7, 11) is 0. The van der Waals surface area contributed by atoms with Gasteiger partial charge in [-0.3, -0.25) is 4.68 Å². The monoisotopic (exact) mass is 337 g/mol. The summed E-state index contributed by atoms with van der Waals surface area (Å²) in [5.74, 6) is -0.305. The van der Waals surface area contributed by atoms with Gasteiger partial charge in [0.1, 0.15) is 0 Å². The second-order valence-corrected chi connectivity index (χ2v) is 5.33. The highest BCUT2D eigenvalue weighted by Crippen LogP contribution is 2.09. The molecule has 0 aliphatic rings. The number of pyridine rings is 1. The number of imidazole rings is 1. The van der Waals surface area contributed by atoms with Crippen molar-refractivity contribution in [1.82, 2.24) is 24.5 Å². The second-order valence-electron chi connectivity index (χ2n) is 4.42. The number of nitrogens with zero attached hydrogens (tertiary/aromatic N) is 4. The van der Waals surface area contributed by atoms with Gasteiger partial charge < -0.3 is 9.72 Å². The molecule has 0 spiro atoms. The van der Waals surface area contributed by atoms with Crippen LogP contribution in [-0.4, -0.2) is 25.7 Å². The predicted molar refractivity (Wildman–Crippen MR) is 76.8 cm³/mol. The molecule has 0 bridgehead atoms. The van der Waals surface area contributed by atoms with Gasteiger partial charge in [0.15, 0.2) is 11.5 Å². The fourth-order valence-corrected chi connectivity index (χ4v) is 2.31. The molecule has 0 unspecified atom stereocenters. The Kier molecular flexibility index (Phi) is 3.79. The minimum absolute atomic E-state index is 0.305. The molecule has 3 aromatic rings. The minimum Gasteiger partial charge on any atom is -0.309 e. The molecule has 0 fully saturated rings. The van der Waals surface area contributed by atoms with Crippen LogP contribution < -0.4 is 5.32 Å². The van der Waals surface area contributed by atoms with Crippen molar-refractivity contribution < 1.29 is 4.39 Å². The number of hydrogen-bond donors (Lipinski definition) is 1. The van der Waals surface area contributed by atoms with Crippen LogP contribution in [-0.2, 0) is 13.1 Å². The first kappa shape index (κ1) is 13.3. The molecule has 7 heteroatoms. The molecule has 3 heterocycles. The van der Waals surface area contributed by atoms with Crippen LogP contribution in [0.25, 0.3) is 5.65 Å². The average molecular weight is 338 g/mol. The predicted octanol–water partition coefficient (Wildman–Crippen LogP) is 2.22.